The maximum absolute atomic E-state index is 12.8. The van der Waals surface area contributed by atoms with Crippen molar-refractivity contribution < 1.29 is 9.53 Å². The molecule has 0 aliphatic heterocycles. The number of nitrogens with zero attached hydrogens (tertiary/aromatic N) is 2. The molecule has 0 bridgehead atoms. The number of rotatable bonds is 8. The lowest BCUT2D eigenvalue weighted by atomic mass is 10.0. The zero-order valence-corrected chi connectivity index (χ0v) is 16.4. The number of hydrogen-bond acceptors (Lipinski definition) is 5. The first-order chi connectivity index (χ1) is 13.7. The fraction of sp³-hybridized carbons (Fsp3) is 0.286. The van der Waals surface area contributed by atoms with Crippen molar-refractivity contribution in [3.63, 3.8) is 0 Å². The zero-order chi connectivity index (χ0) is 19.3. The Hall–Kier alpha value is -2.80. The second-order valence-corrected chi connectivity index (χ2v) is 7.80. The molecule has 2 N–H and O–H groups in total. The molecular weight excluding hydrogens is 372 g/mol. The minimum Gasteiger partial charge on any atom is -0.497 e. The number of thioether (sulfide) groups is 1. The van der Waals surface area contributed by atoms with E-state index in [0.717, 1.165) is 40.6 Å². The van der Waals surface area contributed by atoms with Gasteiger partial charge in [0.1, 0.15) is 12.1 Å². The van der Waals surface area contributed by atoms with Gasteiger partial charge in [-0.25, -0.2) is 4.98 Å². The van der Waals surface area contributed by atoms with Gasteiger partial charge in [0.2, 0.25) is 0 Å². The van der Waals surface area contributed by atoms with Gasteiger partial charge in [-0.1, -0.05) is 36.0 Å². The van der Waals surface area contributed by atoms with Crippen molar-refractivity contribution in [1.82, 2.24) is 20.5 Å². The normalized spacial score (nSPS) is 14.5. The second kappa shape index (κ2) is 8.48. The number of amides is 1. The van der Waals surface area contributed by atoms with E-state index in [1.165, 1.54) is 6.33 Å². The van der Waals surface area contributed by atoms with E-state index >= 15 is 0 Å². The molecule has 7 heteroatoms. The molecule has 28 heavy (non-hydrogen) atoms. The molecule has 2 aromatic carbocycles. The number of H-pyrrole nitrogens is 1. The summed E-state index contributed by atoms with van der Waals surface area (Å²) in [6.07, 6.45) is 3.79. The smallest absolute Gasteiger partial charge is 0.251 e. The summed E-state index contributed by atoms with van der Waals surface area (Å²) >= 11 is 1.58. The van der Waals surface area contributed by atoms with E-state index in [9.17, 15) is 4.79 Å². The molecule has 1 fully saturated rings. The third-order valence-electron chi connectivity index (χ3n) is 4.84. The van der Waals surface area contributed by atoms with Gasteiger partial charge in [-0.15, -0.1) is 0 Å². The summed E-state index contributed by atoms with van der Waals surface area (Å²) in [5.41, 5.74) is 2.93. The number of aromatic amines is 1. The number of carbonyl (C=O) groups excluding carboxylic acids is 1. The van der Waals surface area contributed by atoms with E-state index < -0.39 is 0 Å². The highest BCUT2D eigenvalue weighted by Crippen LogP contribution is 2.41. The fourth-order valence-electron chi connectivity index (χ4n) is 3.11. The SMILES string of the molecule is COc1ccc(C(NC(=O)c2ccc(CSc3ncn[nH]3)cc2)C2CC2)cc1. The lowest BCUT2D eigenvalue weighted by Crippen LogP contribution is -2.29. The maximum atomic E-state index is 12.8. The first-order valence-corrected chi connectivity index (χ1v) is 10.2. The van der Waals surface area contributed by atoms with Crippen LogP contribution in [0.25, 0.3) is 0 Å². The van der Waals surface area contributed by atoms with Crippen molar-refractivity contribution in [2.75, 3.05) is 7.11 Å². The van der Waals surface area contributed by atoms with Crippen LogP contribution in [0.3, 0.4) is 0 Å². The van der Waals surface area contributed by atoms with Gasteiger partial charge < -0.3 is 10.1 Å². The van der Waals surface area contributed by atoms with Crippen molar-refractivity contribution in [1.29, 1.82) is 0 Å². The van der Waals surface area contributed by atoms with Crippen LogP contribution in [-0.4, -0.2) is 28.2 Å². The largest absolute Gasteiger partial charge is 0.497 e. The highest BCUT2D eigenvalue weighted by Gasteiger charge is 2.33. The molecule has 6 nitrogen and oxygen atoms in total. The molecule has 144 valence electrons. The standard InChI is InChI=1S/C21H22N4O2S/c1-27-18-10-8-16(9-11-18)19(15-6-7-15)24-20(26)17-4-2-14(3-5-17)12-28-21-22-13-23-25-21/h2-5,8-11,13,15,19H,6-7,12H2,1H3,(H,24,26)(H,22,23,25). The average Bonchev–Trinajstić information content (AvgIpc) is 3.45. The van der Waals surface area contributed by atoms with Gasteiger partial charge in [0.25, 0.3) is 5.91 Å². The number of nitrogens with one attached hydrogen (secondary N) is 2. The van der Waals surface area contributed by atoms with E-state index in [-0.39, 0.29) is 11.9 Å². The monoisotopic (exact) mass is 394 g/mol. The Labute approximate surface area is 168 Å². The Kier molecular flexibility index (Phi) is 5.62. The summed E-state index contributed by atoms with van der Waals surface area (Å²) in [6, 6.07) is 15.7. The molecule has 1 aromatic heterocycles. The van der Waals surface area contributed by atoms with Crippen LogP contribution in [0.4, 0.5) is 0 Å². The molecule has 1 amide bonds. The summed E-state index contributed by atoms with van der Waals surface area (Å²) in [7, 11) is 1.66. The molecular formula is C21H22N4O2S. The van der Waals surface area contributed by atoms with Crippen LogP contribution in [0, 0.1) is 5.92 Å². The lowest BCUT2D eigenvalue weighted by molar-refractivity contribution is 0.0931. The van der Waals surface area contributed by atoms with Crippen LogP contribution in [0.2, 0.25) is 0 Å². The van der Waals surface area contributed by atoms with Gasteiger partial charge in [-0.2, -0.15) is 5.10 Å². The third-order valence-corrected chi connectivity index (χ3v) is 5.79. The van der Waals surface area contributed by atoms with Gasteiger partial charge in [0.15, 0.2) is 5.16 Å². The molecule has 1 aliphatic carbocycles. The number of carbonyl (C=O) groups is 1. The van der Waals surface area contributed by atoms with E-state index in [2.05, 4.69) is 20.5 Å². The van der Waals surface area contributed by atoms with Crippen molar-refractivity contribution >= 4 is 17.7 Å². The van der Waals surface area contributed by atoms with E-state index in [1.807, 2.05) is 48.5 Å². The zero-order valence-electron chi connectivity index (χ0n) is 15.6. The molecule has 3 aromatic rings. The molecule has 1 heterocycles. The highest BCUT2D eigenvalue weighted by atomic mass is 32.2. The number of ether oxygens (including phenoxy) is 1. The van der Waals surface area contributed by atoms with Gasteiger partial charge >= 0.3 is 0 Å². The van der Waals surface area contributed by atoms with Crippen molar-refractivity contribution in [2.45, 2.75) is 29.8 Å². The van der Waals surface area contributed by atoms with Crippen LogP contribution in [0.15, 0.2) is 60.0 Å². The first kappa shape index (κ1) is 18.6. The van der Waals surface area contributed by atoms with E-state index in [4.69, 9.17) is 4.74 Å². The molecule has 1 saturated carbocycles. The highest BCUT2D eigenvalue weighted by molar-refractivity contribution is 7.98. The topological polar surface area (TPSA) is 79.9 Å². The lowest BCUT2D eigenvalue weighted by Gasteiger charge is -2.19. The van der Waals surface area contributed by atoms with E-state index in [1.54, 1.807) is 18.9 Å². The number of methoxy groups -OCH3 is 1. The number of aromatic nitrogens is 3. The summed E-state index contributed by atoms with van der Waals surface area (Å²) in [5.74, 6) is 2.06. The number of hydrogen-bond donors (Lipinski definition) is 2. The first-order valence-electron chi connectivity index (χ1n) is 9.25. The quantitative estimate of drug-likeness (QED) is 0.565. The van der Waals surface area contributed by atoms with Gasteiger partial charge in [0.05, 0.1) is 13.2 Å². The molecule has 0 spiro atoms. The third kappa shape index (κ3) is 4.54. The summed E-state index contributed by atoms with van der Waals surface area (Å²) in [5, 5.41) is 10.7. The van der Waals surface area contributed by atoms with Gasteiger partial charge in [-0.3, -0.25) is 9.89 Å². The van der Waals surface area contributed by atoms with E-state index in [0.29, 0.717) is 11.5 Å². The minimum absolute atomic E-state index is 0.0397. The Morgan fingerprint density at radius 1 is 1.21 bits per heavy atom. The van der Waals surface area contributed by atoms with Gasteiger partial charge in [0, 0.05) is 11.3 Å². The van der Waals surface area contributed by atoms with Crippen molar-refractivity contribution in [3.8, 4) is 5.75 Å². The van der Waals surface area contributed by atoms with Crippen LogP contribution in [0.1, 0.15) is 40.4 Å². The van der Waals surface area contributed by atoms with Crippen LogP contribution >= 0.6 is 11.8 Å². The average molecular weight is 395 g/mol. The minimum atomic E-state index is -0.0397. The Balaban J connectivity index is 1.39. The molecule has 1 unspecified atom stereocenters. The summed E-state index contributed by atoms with van der Waals surface area (Å²) < 4.78 is 5.23. The second-order valence-electron chi connectivity index (χ2n) is 6.84. The molecule has 0 saturated heterocycles. The Morgan fingerprint density at radius 3 is 2.57 bits per heavy atom. The number of benzene rings is 2. The summed E-state index contributed by atoms with van der Waals surface area (Å²) in [4.78, 5) is 16.9. The van der Waals surface area contributed by atoms with Crippen LogP contribution in [-0.2, 0) is 5.75 Å². The molecule has 1 atom stereocenters. The molecule has 4 rings (SSSR count). The molecule has 1 aliphatic rings. The Morgan fingerprint density at radius 2 is 1.96 bits per heavy atom. The predicted octanol–water partition coefficient (Wildman–Crippen LogP) is 3.99. The van der Waals surface area contributed by atoms with Crippen LogP contribution < -0.4 is 10.1 Å². The fourth-order valence-corrected chi connectivity index (χ4v) is 3.84. The van der Waals surface area contributed by atoms with Crippen LogP contribution in [0.5, 0.6) is 5.75 Å². The van der Waals surface area contributed by atoms with Gasteiger partial charge in [-0.05, 0) is 54.2 Å². The predicted molar refractivity (Wildman–Crippen MR) is 108 cm³/mol. The maximum Gasteiger partial charge on any atom is 0.251 e. The summed E-state index contributed by atoms with van der Waals surface area (Å²) in [6.45, 7) is 0. The Bertz CT molecular complexity index is 907. The van der Waals surface area contributed by atoms with Crippen molar-refractivity contribution in [2.24, 2.45) is 5.92 Å². The molecule has 0 radical (unpaired) electrons. The van der Waals surface area contributed by atoms with Crippen molar-refractivity contribution in [3.05, 3.63) is 71.5 Å².